The highest BCUT2D eigenvalue weighted by Gasteiger charge is 2.23. The van der Waals surface area contributed by atoms with Crippen LogP contribution in [0.2, 0.25) is 5.02 Å². The molecule has 1 atom stereocenters. The number of carbonyl (C=O) groups is 1. The standard InChI is InChI=1S/C12H15N5O2S.C8H7Cl/c1-6-2-3-7-8(4-6)20-11-10(7)12(19)17(16-15-11)5-9(18)14-13;1-2-7-3-5-8(9)6-4-7/h6H,2-5,13H2,1H3,(H,14,18);2-6H,1H2. The summed E-state index contributed by atoms with van der Waals surface area (Å²) in [4.78, 5) is 25.6. The van der Waals surface area contributed by atoms with Gasteiger partial charge in [0.05, 0.1) is 5.39 Å². The quantitative estimate of drug-likeness (QED) is 0.377. The Hall–Kier alpha value is -2.55. The summed E-state index contributed by atoms with van der Waals surface area (Å²) in [5.74, 6) is 5.19. The molecule has 0 bridgehead atoms. The van der Waals surface area contributed by atoms with Gasteiger partial charge < -0.3 is 0 Å². The lowest BCUT2D eigenvalue weighted by Crippen LogP contribution is -2.37. The highest BCUT2D eigenvalue weighted by Crippen LogP contribution is 2.35. The van der Waals surface area contributed by atoms with Crippen molar-refractivity contribution >= 4 is 45.1 Å². The van der Waals surface area contributed by atoms with Crippen molar-refractivity contribution in [3.63, 3.8) is 0 Å². The molecule has 1 unspecified atom stereocenters. The third kappa shape index (κ3) is 4.90. The molecule has 1 aliphatic carbocycles. The largest absolute Gasteiger partial charge is 0.293 e. The van der Waals surface area contributed by atoms with Gasteiger partial charge >= 0.3 is 0 Å². The first kappa shape index (κ1) is 21.2. The molecule has 0 aliphatic heterocycles. The summed E-state index contributed by atoms with van der Waals surface area (Å²) in [6, 6.07) is 7.54. The Morgan fingerprint density at radius 3 is 2.83 bits per heavy atom. The molecule has 7 nitrogen and oxygen atoms in total. The van der Waals surface area contributed by atoms with Crippen LogP contribution in [0, 0.1) is 5.92 Å². The predicted molar refractivity (Wildman–Crippen MR) is 117 cm³/mol. The number of carbonyl (C=O) groups excluding carboxylic acids is 1. The number of amides is 1. The van der Waals surface area contributed by atoms with E-state index in [2.05, 4.69) is 23.8 Å². The van der Waals surface area contributed by atoms with Gasteiger partial charge in [-0.25, -0.2) is 10.5 Å². The van der Waals surface area contributed by atoms with E-state index in [1.54, 1.807) is 6.08 Å². The lowest BCUT2D eigenvalue weighted by molar-refractivity contribution is -0.122. The molecular formula is C20H22ClN5O2S. The molecule has 2 heterocycles. The number of rotatable bonds is 3. The van der Waals surface area contributed by atoms with E-state index < -0.39 is 5.91 Å². The highest BCUT2D eigenvalue weighted by molar-refractivity contribution is 7.18. The van der Waals surface area contributed by atoms with E-state index >= 15 is 0 Å². The summed E-state index contributed by atoms with van der Waals surface area (Å²) in [5.41, 5.74) is 3.91. The van der Waals surface area contributed by atoms with Crippen molar-refractivity contribution < 1.29 is 4.79 Å². The van der Waals surface area contributed by atoms with E-state index in [-0.39, 0.29) is 12.1 Å². The average molecular weight is 432 g/mol. The molecule has 2 aromatic heterocycles. The minimum absolute atomic E-state index is 0.209. The molecule has 3 N–H and O–H groups in total. The van der Waals surface area contributed by atoms with Crippen LogP contribution < -0.4 is 16.8 Å². The summed E-state index contributed by atoms with van der Waals surface area (Å²) >= 11 is 7.17. The van der Waals surface area contributed by atoms with Gasteiger partial charge in [0.2, 0.25) is 0 Å². The van der Waals surface area contributed by atoms with Crippen molar-refractivity contribution in [2.24, 2.45) is 11.8 Å². The third-order valence-corrected chi connectivity index (χ3v) is 6.14. The molecule has 0 saturated carbocycles. The summed E-state index contributed by atoms with van der Waals surface area (Å²) in [5, 5.41) is 9.26. The van der Waals surface area contributed by atoms with Crippen molar-refractivity contribution in [3.8, 4) is 0 Å². The third-order valence-electron chi connectivity index (χ3n) is 4.74. The fraction of sp³-hybridized carbons (Fsp3) is 0.300. The van der Waals surface area contributed by atoms with Crippen molar-refractivity contribution in [1.29, 1.82) is 0 Å². The smallest absolute Gasteiger partial charge is 0.279 e. The van der Waals surface area contributed by atoms with E-state index in [0.717, 1.165) is 40.1 Å². The van der Waals surface area contributed by atoms with Gasteiger partial charge in [-0.3, -0.25) is 15.0 Å². The molecule has 0 spiro atoms. The average Bonchev–Trinajstić information content (AvgIpc) is 3.09. The fourth-order valence-corrected chi connectivity index (χ4v) is 4.62. The topological polar surface area (TPSA) is 103 Å². The molecule has 1 aliphatic rings. The number of hydrogen-bond donors (Lipinski definition) is 2. The fourth-order valence-electron chi connectivity index (χ4n) is 3.18. The van der Waals surface area contributed by atoms with Crippen molar-refractivity contribution in [2.45, 2.75) is 32.7 Å². The maximum Gasteiger partial charge on any atom is 0.279 e. The monoisotopic (exact) mass is 431 g/mol. The van der Waals surface area contributed by atoms with Crippen LogP contribution in [-0.4, -0.2) is 20.9 Å². The van der Waals surface area contributed by atoms with Crippen LogP contribution in [0.5, 0.6) is 0 Å². The number of aryl methyl sites for hydroxylation is 1. The maximum atomic E-state index is 12.4. The van der Waals surface area contributed by atoms with E-state index in [4.69, 9.17) is 17.4 Å². The molecule has 3 aromatic rings. The number of hydrazine groups is 1. The zero-order valence-corrected chi connectivity index (χ0v) is 17.6. The van der Waals surface area contributed by atoms with Gasteiger partial charge in [-0.05, 0) is 48.4 Å². The second kappa shape index (κ2) is 9.30. The maximum absolute atomic E-state index is 12.4. The van der Waals surface area contributed by atoms with E-state index in [0.29, 0.717) is 16.1 Å². The van der Waals surface area contributed by atoms with E-state index in [1.165, 1.54) is 16.2 Å². The molecule has 152 valence electrons. The molecule has 1 aromatic carbocycles. The summed E-state index contributed by atoms with van der Waals surface area (Å²) in [7, 11) is 0. The van der Waals surface area contributed by atoms with Gasteiger partial charge in [0.1, 0.15) is 6.54 Å². The van der Waals surface area contributed by atoms with Crippen LogP contribution in [-0.2, 0) is 24.2 Å². The van der Waals surface area contributed by atoms with Gasteiger partial charge in [0.15, 0.2) is 4.83 Å². The highest BCUT2D eigenvalue weighted by atomic mass is 35.5. The number of nitrogens with one attached hydrogen (secondary N) is 1. The number of nitrogens with two attached hydrogens (primary N) is 1. The Labute approximate surface area is 177 Å². The van der Waals surface area contributed by atoms with Crippen LogP contribution in [0.15, 0.2) is 35.6 Å². The number of aromatic nitrogens is 3. The molecule has 0 saturated heterocycles. The first-order valence-electron chi connectivity index (χ1n) is 9.18. The van der Waals surface area contributed by atoms with E-state index in [1.807, 2.05) is 29.7 Å². The lowest BCUT2D eigenvalue weighted by atomic mass is 9.89. The van der Waals surface area contributed by atoms with Crippen LogP contribution >= 0.6 is 22.9 Å². The second-order valence-electron chi connectivity index (χ2n) is 6.91. The molecule has 1 amide bonds. The van der Waals surface area contributed by atoms with Gasteiger partial charge in [-0.15, -0.1) is 16.4 Å². The van der Waals surface area contributed by atoms with Crippen molar-refractivity contribution in [2.75, 3.05) is 0 Å². The molecule has 0 fully saturated rings. The van der Waals surface area contributed by atoms with E-state index in [9.17, 15) is 9.59 Å². The molecule has 4 rings (SSSR count). The minimum Gasteiger partial charge on any atom is -0.293 e. The van der Waals surface area contributed by atoms with Crippen LogP contribution in [0.1, 0.15) is 29.3 Å². The Morgan fingerprint density at radius 1 is 1.45 bits per heavy atom. The Morgan fingerprint density at radius 2 is 2.17 bits per heavy atom. The number of nitrogens with zero attached hydrogens (tertiary/aromatic N) is 3. The van der Waals surface area contributed by atoms with Gasteiger partial charge in [0, 0.05) is 9.90 Å². The first-order valence-corrected chi connectivity index (χ1v) is 10.4. The van der Waals surface area contributed by atoms with Crippen LogP contribution in [0.3, 0.4) is 0 Å². The van der Waals surface area contributed by atoms with Gasteiger partial charge in [-0.1, -0.05) is 48.5 Å². The number of benzene rings is 1. The number of halogens is 1. The molecule has 9 heteroatoms. The summed E-state index contributed by atoms with van der Waals surface area (Å²) in [6.45, 7) is 5.62. The predicted octanol–water partition coefficient (Wildman–Crippen LogP) is 2.95. The van der Waals surface area contributed by atoms with Gasteiger partial charge in [0.25, 0.3) is 11.5 Å². The Bertz CT molecular complexity index is 1090. The lowest BCUT2D eigenvalue weighted by Gasteiger charge is -2.17. The SMILES string of the molecule is C=Cc1ccc(Cl)cc1.CC1CCc2c(sc3nnn(CC(=O)NN)c(=O)c23)C1. The summed E-state index contributed by atoms with van der Waals surface area (Å²) < 4.78 is 1.07. The molecular weight excluding hydrogens is 410 g/mol. The Balaban J connectivity index is 0.000000224. The Kier molecular flexibility index (Phi) is 6.79. The zero-order valence-electron chi connectivity index (χ0n) is 16.0. The normalized spacial score (nSPS) is 15.2. The van der Waals surface area contributed by atoms with Gasteiger partial charge in [-0.2, -0.15) is 0 Å². The minimum atomic E-state index is -0.474. The molecule has 29 heavy (non-hydrogen) atoms. The first-order chi connectivity index (χ1) is 13.9. The van der Waals surface area contributed by atoms with Crippen molar-refractivity contribution in [1.82, 2.24) is 20.4 Å². The number of hydrogen-bond acceptors (Lipinski definition) is 6. The second-order valence-corrected chi connectivity index (χ2v) is 8.43. The van der Waals surface area contributed by atoms with Crippen LogP contribution in [0.25, 0.3) is 16.3 Å². The van der Waals surface area contributed by atoms with Crippen molar-refractivity contribution in [3.05, 3.63) is 62.2 Å². The number of thiophene rings is 1. The molecule has 0 radical (unpaired) electrons. The summed E-state index contributed by atoms with van der Waals surface area (Å²) in [6.07, 6.45) is 4.74. The number of fused-ring (bicyclic) bond motifs is 3. The zero-order chi connectivity index (χ0) is 21.0. The van der Waals surface area contributed by atoms with Crippen LogP contribution in [0.4, 0.5) is 0 Å².